The van der Waals surface area contributed by atoms with Crippen LogP contribution in [0.4, 0.5) is 4.39 Å². The Hall–Kier alpha value is -1.67. The van der Waals surface area contributed by atoms with Crippen molar-refractivity contribution in [2.75, 3.05) is 26.7 Å². The molecule has 0 unspecified atom stereocenters. The molecule has 1 saturated heterocycles. The van der Waals surface area contributed by atoms with E-state index in [2.05, 4.69) is 19.2 Å². The molecule has 1 N–H and O–H groups in total. The van der Waals surface area contributed by atoms with E-state index in [1.54, 1.807) is 0 Å². The number of carbonyl (C=O) groups is 1. The van der Waals surface area contributed by atoms with Gasteiger partial charge >= 0.3 is 0 Å². The predicted molar refractivity (Wildman–Crippen MR) is 96.9 cm³/mol. The number of hydrogen-bond acceptors (Lipinski definition) is 4. The molecule has 2 rings (SSSR count). The number of methoxy groups -OCH3 is 1. The number of rotatable bonds is 7. The summed E-state index contributed by atoms with van der Waals surface area (Å²) < 4.78 is 45.8. The highest BCUT2D eigenvalue weighted by atomic mass is 32.2. The summed E-state index contributed by atoms with van der Waals surface area (Å²) in [6.07, 6.45) is 2.10. The van der Waals surface area contributed by atoms with E-state index in [1.165, 1.54) is 17.5 Å². The minimum Gasteiger partial charge on any atom is -0.495 e. The minimum atomic E-state index is -3.94. The molecule has 8 heteroatoms. The zero-order chi connectivity index (χ0) is 19.3. The van der Waals surface area contributed by atoms with Crippen LogP contribution in [0.25, 0.3) is 0 Å². The van der Waals surface area contributed by atoms with Gasteiger partial charge in [-0.2, -0.15) is 4.31 Å². The van der Waals surface area contributed by atoms with Crippen LogP contribution in [-0.4, -0.2) is 45.4 Å². The third-order valence-corrected chi connectivity index (χ3v) is 6.41. The summed E-state index contributed by atoms with van der Waals surface area (Å²) >= 11 is 0. The molecule has 0 saturated carbocycles. The smallest absolute Gasteiger partial charge is 0.246 e. The van der Waals surface area contributed by atoms with Gasteiger partial charge in [-0.15, -0.1) is 0 Å². The van der Waals surface area contributed by atoms with Gasteiger partial charge in [0.25, 0.3) is 0 Å². The first-order chi connectivity index (χ1) is 12.3. The van der Waals surface area contributed by atoms with Crippen molar-refractivity contribution in [2.45, 2.75) is 38.0 Å². The second-order valence-electron chi connectivity index (χ2n) is 6.97. The van der Waals surface area contributed by atoms with E-state index in [-0.39, 0.29) is 23.1 Å². The molecule has 146 valence electrons. The zero-order valence-electron chi connectivity index (χ0n) is 15.5. The summed E-state index contributed by atoms with van der Waals surface area (Å²) in [5.74, 6) is -0.597. The number of halogens is 1. The molecule has 1 amide bonds. The molecular weight excluding hydrogens is 359 g/mol. The summed E-state index contributed by atoms with van der Waals surface area (Å²) in [6, 6.07) is 3.40. The number of nitrogens with one attached hydrogen (secondary N) is 1. The van der Waals surface area contributed by atoms with Gasteiger partial charge in [-0.25, -0.2) is 12.8 Å². The summed E-state index contributed by atoms with van der Waals surface area (Å²) in [5, 5.41) is 2.88. The third kappa shape index (κ3) is 4.94. The summed E-state index contributed by atoms with van der Waals surface area (Å²) in [6.45, 7) is 5.13. The van der Waals surface area contributed by atoms with E-state index in [1.807, 2.05) is 0 Å². The van der Waals surface area contributed by atoms with Crippen LogP contribution in [0.1, 0.15) is 33.1 Å². The average Bonchev–Trinajstić information content (AvgIpc) is 2.61. The molecule has 1 aromatic rings. The van der Waals surface area contributed by atoms with Crippen LogP contribution in [0.15, 0.2) is 23.1 Å². The highest BCUT2D eigenvalue weighted by Gasteiger charge is 2.35. The van der Waals surface area contributed by atoms with Crippen molar-refractivity contribution in [3.05, 3.63) is 24.0 Å². The fourth-order valence-electron chi connectivity index (χ4n) is 2.99. The molecule has 1 heterocycles. The maximum Gasteiger partial charge on any atom is 0.246 e. The van der Waals surface area contributed by atoms with Crippen LogP contribution < -0.4 is 10.1 Å². The molecule has 1 aliphatic heterocycles. The molecule has 0 spiro atoms. The Kier molecular flexibility index (Phi) is 7.00. The standard InChI is InChI=1S/C18H27FN2O4S/c1-13(2)8-9-20-18(22)14-5-4-10-21(12-14)26(23,24)17-11-15(19)6-7-16(17)25-3/h6-7,11,13-14H,4-5,8-10,12H2,1-3H3,(H,20,22)/t14-/m1/s1. The van der Waals surface area contributed by atoms with E-state index in [9.17, 15) is 17.6 Å². The second kappa shape index (κ2) is 8.81. The molecule has 0 bridgehead atoms. The van der Waals surface area contributed by atoms with Gasteiger partial charge in [0.2, 0.25) is 15.9 Å². The normalized spacial score (nSPS) is 18.7. The van der Waals surface area contributed by atoms with E-state index in [0.717, 1.165) is 18.6 Å². The van der Waals surface area contributed by atoms with Crippen molar-refractivity contribution >= 4 is 15.9 Å². The highest BCUT2D eigenvalue weighted by molar-refractivity contribution is 7.89. The van der Waals surface area contributed by atoms with Crippen LogP contribution in [-0.2, 0) is 14.8 Å². The van der Waals surface area contributed by atoms with Crippen molar-refractivity contribution in [3.8, 4) is 5.75 Å². The first-order valence-electron chi connectivity index (χ1n) is 8.87. The summed E-state index contributed by atoms with van der Waals surface area (Å²) in [4.78, 5) is 12.1. The molecule has 0 aromatic heterocycles. The summed E-state index contributed by atoms with van der Waals surface area (Å²) in [7, 11) is -2.60. The van der Waals surface area contributed by atoms with Gasteiger partial charge in [-0.1, -0.05) is 13.8 Å². The van der Waals surface area contributed by atoms with E-state index in [4.69, 9.17) is 4.74 Å². The Balaban J connectivity index is 2.13. The Morgan fingerprint density at radius 1 is 1.42 bits per heavy atom. The van der Waals surface area contributed by atoms with Crippen LogP contribution in [0, 0.1) is 17.7 Å². The third-order valence-electron chi connectivity index (χ3n) is 4.52. The van der Waals surface area contributed by atoms with Crippen molar-refractivity contribution in [2.24, 2.45) is 11.8 Å². The number of nitrogens with zero attached hydrogens (tertiary/aromatic N) is 1. The quantitative estimate of drug-likeness (QED) is 0.781. The van der Waals surface area contributed by atoms with Gasteiger partial charge in [0.1, 0.15) is 16.5 Å². The fraction of sp³-hybridized carbons (Fsp3) is 0.611. The van der Waals surface area contributed by atoms with Crippen LogP contribution >= 0.6 is 0 Å². The van der Waals surface area contributed by atoms with E-state index >= 15 is 0 Å². The lowest BCUT2D eigenvalue weighted by atomic mass is 9.98. The molecule has 0 radical (unpaired) electrons. The fourth-order valence-corrected chi connectivity index (χ4v) is 4.69. The molecule has 6 nitrogen and oxygen atoms in total. The van der Waals surface area contributed by atoms with Gasteiger partial charge in [-0.3, -0.25) is 4.79 Å². The molecule has 1 fully saturated rings. The van der Waals surface area contributed by atoms with Crippen molar-refractivity contribution < 1.29 is 22.3 Å². The number of benzene rings is 1. The molecule has 1 aromatic carbocycles. The van der Waals surface area contributed by atoms with Gasteiger partial charge in [0.05, 0.1) is 13.0 Å². The SMILES string of the molecule is COc1ccc(F)cc1S(=O)(=O)N1CCC[C@@H](C(=O)NCCC(C)C)C1. The lowest BCUT2D eigenvalue weighted by Gasteiger charge is -2.31. The largest absolute Gasteiger partial charge is 0.495 e. The molecule has 1 atom stereocenters. The van der Waals surface area contributed by atoms with Crippen LogP contribution in [0.5, 0.6) is 5.75 Å². The summed E-state index contributed by atoms with van der Waals surface area (Å²) in [5.41, 5.74) is 0. The number of amides is 1. The first-order valence-corrected chi connectivity index (χ1v) is 10.3. The lowest BCUT2D eigenvalue weighted by molar-refractivity contribution is -0.126. The highest BCUT2D eigenvalue weighted by Crippen LogP contribution is 2.30. The van der Waals surface area contributed by atoms with Crippen LogP contribution in [0.3, 0.4) is 0 Å². The molecule has 0 aliphatic carbocycles. The second-order valence-corrected chi connectivity index (χ2v) is 8.88. The number of sulfonamides is 1. The van der Waals surface area contributed by atoms with E-state index in [0.29, 0.717) is 31.8 Å². The van der Waals surface area contributed by atoms with Gasteiger partial charge in [0, 0.05) is 19.6 Å². The van der Waals surface area contributed by atoms with Crippen molar-refractivity contribution in [1.82, 2.24) is 9.62 Å². The van der Waals surface area contributed by atoms with Gasteiger partial charge in [-0.05, 0) is 43.4 Å². The Morgan fingerprint density at radius 3 is 2.81 bits per heavy atom. The maximum absolute atomic E-state index is 13.6. The number of piperidine rings is 1. The number of carbonyl (C=O) groups excluding carboxylic acids is 1. The maximum atomic E-state index is 13.6. The van der Waals surface area contributed by atoms with Crippen molar-refractivity contribution in [3.63, 3.8) is 0 Å². The molecular formula is C18H27FN2O4S. The Labute approximate surface area is 154 Å². The topological polar surface area (TPSA) is 75.7 Å². The zero-order valence-corrected chi connectivity index (χ0v) is 16.3. The van der Waals surface area contributed by atoms with Crippen molar-refractivity contribution in [1.29, 1.82) is 0 Å². The first kappa shape index (κ1) is 20.6. The predicted octanol–water partition coefficient (Wildman–Crippen LogP) is 2.40. The van der Waals surface area contributed by atoms with Gasteiger partial charge < -0.3 is 10.1 Å². The monoisotopic (exact) mass is 386 g/mol. The Morgan fingerprint density at radius 2 is 2.15 bits per heavy atom. The lowest BCUT2D eigenvalue weighted by Crippen LogP contribution is -2.45. The molecule has 1 aliphatic rings. The average molecular weight is 386 g/mol. The number of hydrogen-bond donors (Lipinski definition) is 1. The number of ether oxygens (including phenoxy) is 1. The molecule has 26 heavy (non-hydrogen) atoms. The van der Waals surface area contributed by atoms with Crippen LogP contribution in [0.2, 0.25) is 0 Å². The minimum absolute atomic E-state index is 0.0925. The van der Waals surface area contributed by atoms with E-state index < -0.39 is 21.8 Å². The Bertz CT molecular complexity index is 737. The van der Waals surface area contributed by atoms with Gasteiger partial charge in [0.15, 0.2) is 0 Å².